The van der Waals surface area contributed by atoms with Gasteiger partial charge in [-0.2, -0.15) is 0 Å². The van der Waals surface area contributed by atoms with Gasteiger partial charge in [0, 0.05) is 11.1 Å². The Morgan fingerprint density at radius 2 is 2.00 bits per heavy atom. The maximum atomic E-state index is 12.0. The van der Waals surface area contributed by atoms with Crippen LogP contribution >= 0.6 is 11.6 Å². The molecule has 2 aliphatic rings. The molecular formula is C15H18ClNO. The Morgan fingerprint density at radius 1 is 1.22 bits per heavy atom. The van der Waals surface area contributed by atoms with E-state index >= 15 is 0 Å². The van der Waals surface area contributed by atoms with E-state index < -0.39 is 0 Å². The van der Waals surface area contributed by atoms with E-state index in [1.165, 1.54) is 25.7 Å². The predicted molar refractivity (Wildman–Crippen MR) is 72.5 cm³/mol. The minimum absolute atomic E-state index is 0.148. The minimum Gasteiger partial charge on any atom is -0.353 e. The summed E-state index contributed by atoms with van der Waals surface area (Å²) >= 11 is 5.83. The van der Waals surface area contributed by atoms with E-state index in [1.54, 1.807) is 0 Å². The Hall–Kier alpha value is -1.02. The molecule has 3 rings (SSSR count). The van der Waals surface area contributed by atoms with Crippen LogP contribution < -0.4 is 5.32 Å². The third kappa shape index (κ3) is 2.54. The average molecular weight is 264 g/mol. The average Bonchev–Trinajstić information content (AvgIpc) is 2.94. The van der Waals surface area contributed by atoms with Crippen molar-refractivity contribution in [1.82, 2.24) is 5.32 Å². The second-order valence-corrected chi connectivity index (χ2v) is 6.09. The molecular weight excluding hydrogens is 246 g/mol. The van der Waals surface area contributed by atoms with Gasteiger partial charge in [-0.05, 0) is 48.8 Å². The second-order valence-electron chi connectivity index (χ2n) is 5.65. The number of carbonyl (C=O) groups excluding carboxylic acids is 1. The van der Waals surface area contributed by atoms with Gasteiger partial charge >= 0.3 is 0 Å². The number of fused-ring (bicyclic) bond motifs is 2. The lowest BCUT2D eigenvalue weighted by molar-refractivity contribution is -0.121. The van der Waals surface area contributed by atoms with Crippen molar-refractivity contribution < 1.29 is 4.79 Å². The summed E-state index contributed by atoms with van der Waals surface area (Å²) < 4.78 is 0. The Balaban J connectivity index is 1.54. The van der Waals surface area contributed by atoms with E-state index in [0.717, 1.165) is 17.4 Å². The van der Waals surface area contributed by atoms with Gasteiger partial charge in [0.15, 0.2) is 0 Å². The van der Waals surface area contributed by atoms with Crippen LogP contribution in [0.3, 0.4) is 0 Å². The lowest BCUT2D eigenvalue weighted by atomic mass is 9.95. The maximum Gasteiger partial charge on any atom is 0.224 e. The standard InChI is InChI=1S/C15H18ClNO/c16-13-5-2-10(3-6-13)9-15(18)17-14-8-11-1-4-12(14)7-11/h2-3,5-6,11-12,14H,1,4,7-9H2,(H,17,18)/t11-,12-,14+/m0/s1. The highest BCUT2D eigenvalue weighted by molar-refractivity contribution is 6.30. The van der Waals surface area contributed by atoms with Crippen molar-refractivity contribution in [2.24, 2.45) is 11.8 Å². The Morgan fingerprint density at radius 3 is 2.61 bits per heavy atom. The molecule has 0 aliphatic heterocycles. The zero-order valence-electron chi connectivity index (χ0n) is 10.4. The van der Waals surface area contributed by atoms with Gasteiger partial charge in [-0.15, -0.1) is 0 Å². The van der Waals surface area contributed by atoms with Gasteiger partial charge in [-0.25, -0.2) is 0 Å². The third-order valence-corrected chi connectivity index (χ3v) is 4.61. The Bertz CT molecular complexity index is 442. The first-order valence-corrected chi connectivity index (χ1v) is 7.12. The van der Waals surface area contributed by atoms with E-state index in [-0.39, 0.29) is 5.91 Å². The number of rotatable bonds is 3. The molecule has 2 fully saturated rings. The molecule has 0 unspecified atom stereocenters. The molecule has 2 aliphatic carbocycles. The largest absolute Gasteiger partial charge is 0.353 e. The van der Waals surface area contributed by atoms with Crippen molar-refractivity contribution in [3.05, 3.63) is 34.9 Å². The normalized spacial score (nSPS) is 29.5. The van der Waals surface area contributed by atoms with Gasteiger partial charge in [0.2, 0.25) is 5.91 Å². The summed E-state index contributed by atoms with van der Waals surface area (Å²) in [6, 6.07) is 7.94. The lowest BCUT2D eigenvalue weighted by Gasteiger charge is -2.22. The van der Waals surface area contributed by atoms with E-state index in [2.05, 4.69) is 5.32 Å². The number of halogens is 1. The molecule has 1 N–H and O–H groups in total. The topological polar surface area (TPSA) is 29.1 Å². The van der Waals surface area contributed by atoms with Crippen LogP contribution in [0.4, 0.5) is 0 Å². The molecule has 1 aromatic carbocycles. The molecule has 0 spiro atoms. The van der Waals surface area contributed by atoms with Crippen LogP contribution in [-0.4, -0.2) is 11.9 Å². The molecule has 0 heterocycles. The number of amides is 1. The molecule has 2 saturated carbocycles. The fourth-order valence-corrected chi connectivity index (χ4v) is 3.59. The van der Waals surface area contributed by atoms with E-state index in [9.17, 15) is 4.79 Å². The highest BCUT2D eigenvalue weighted by Gasteiger charge is 2.39. The first kappa shape index (κ1) is 12.0. The predicted octanol–water partition coefficient (Wildman–Crippen LogP) is 3.19. The molecule has 0 aromatic heterocycles. The van der Waals surface area contributed by atoms with Crippen LogP contribution in [0.2, 0.25) is 5.02 Å². The third-order valence-electron chi connectivity index (χ3n) is 4.36. The molecule has 2 nitrogen and oxygen atoms in total. The quantitative estimate of drug-likeness (QED) is 0.892. The van der Waals surface area contributed by atoms with E-state index in [1.807, 2.05) is 24.3 Å². The summed E-state index contributed by atoms with van der Waals surface area (Å²) in [4.78, 5) is 12.0. The Kier molecular flexibility index (Phi) is 3.29. The summed E-state index contributed by atoms with van der Waals surface area (Å²) in [5, 5.41) is 3.92. The lowest BCUT2D eigenvalue weighted by Crippen LogP contribution is -2.39. The minimum atomic E-state index is 0.148. The molecule has 3 atom stereocenters. The zero-order valence-corrected chi connectivity index (χ0v) is 11.1. The summed E-state index contributed by atoms with van der Waals surface area (Å²) in [5.41, 5.74) is 1.03. The summed E-state index contributed by atoms with van der Waals surface area (Å²) in [5.74, 6) is 1.76. The van der Waals surface area contributed by atoms with Crippen molar-refractivity contribution >= 4 is 17.5 Å². The monoisotopic (exact) mass is 263 g/mol. The van der Waals surface area contributed by atoms with Crippen LogP contribution in [0, 0.1) is 11.8 Å². The number of nitrogens with one attached hydrogen (secondary N) is 1. The smallest absolute Gasteiger partial charge is 0.224 e. The van der Waals surface area contributed by atoms with Gasteiger partial charge in [0.25, 0.3) is 0 Å². The van der Waals surface area contributed by atoms with Gasteiger partial charge in [0.05, 0.1) is 6.42 Å². The molecule has 1 aromatic rings. The fraction of sp³-hybridized carbons (Fsp3) is 0.533. The highest BCUT2D eigenvalue weighted by Crippen LogP contribution is 2.44. The number of hydrogen-bond donors (Lipinski definition) is 1. The van der Waals surface area contributed by atoms with Crippen LogP contribution in [0.5, 0.6) is 0 Å². The van der Waals surface area contributed by atoms with Crippen molar-refractivity contribution in [1.29, 1.82) is 0 Å². The number of benzene rings is 1. The fourth-order valence-electron chi connectivity index (χ4n) is 3.47. The first-order valence-electron chi connectivity index (χ1n) is 6.74. The van der Waals surface area contributed by atoms with Gasteiger partial charge in [-0.3, -0.25) is 4.79 Å². The van der Waals surface area contributed by atoms with Crippen molar-refractivity contribution in [2.45, 2.75) is 38.1 Å². The molecule has 1 amide bonds. The molecule has 96 valence electrons. The zero-order chi connectivity index (χ0) is 12.5. The van der Waals surface area contributed by atoms with Gasteiger partial charge in [0.1, 0.15) is 0 Å². The molecule has 0 saturated heterocycles. The van der Waals surface area contributed by atoms with Gasteiger partial charge < -0.3 is 5.32 Å². The van der Waals surface area contributed by atoms with Gasteiger partial charge in [-0.1, -0.05) is 30.2 Å². The summed E-state index contributed by atoms with van der Waals surface area (Å²) in [7, 11) is 0. The van der Waals surface area contributed by atoms with Crippen LogP contribution in [0.1, 0.15) is 31.2 Å². The van der Waals surface area contributed by atoms with Crippen molar-refractivity contribution in [3.63, 3.8) is 0 Å². The van der Waals surface area contributed by atoms with Crippen LogP contribution in [0.15, 0.2) is 24.3 Å². The first-order chi connectivity index (χ1) is 8.70. The summed E-state index contributed by atoms with van der Waals surface area (Å²) in [6.45, 7) is 0. The number of carbonyl (C=O) groups is 1. The summed E-state index contributed by atoms with van der Waals surface area (Å²) in [6.07, 6.45) is 5.65. The maximum absolute atomic E-state index is 12.0. The molecule has 2 bridgehead atoms. The number of hydrogen-bond acceptors (Lipinski definition) is 1. The molecule has 3 heteroatoms. The highest BCUT2D eigenvalue weighted by atomic mass is 35.5. The van der Waals surface area contributed by atoms with Crippen LogP contribution in [0.25, 0.3) is 0 Å². The second kappa shape index (κ2) is 4.93. The Labute approximate surface area is 113 Å². The van der Waals surface area contributed by atoms with E-state index in [4.69, 9.17) is 11.6 Å². The van der Waals surface area contributed by atoms with E-state index in [0.29, 0.717) is 17.5 Å². The molecule has 18 heavy (non-hydrogen) atoms. The van der Waals surface area contributed by atoms with Crippen molar-refractivity contribution in [2.75, 3.05) is 0 Å². The van der Waals surface area contributed by atoms with Crippen molar-refractivity contribution in [3.8, 4) is 0 Å². The SMILES string of the molecule is O=C(Cc1ccc(Cl)cc1)N[C@@H]1C[C@H]2CC[C@H]1C2. The molecule has 0 radical (unpaired) electrons. The van der Waals surface area contributed by atoms with Crippen LogP contribution in [-0.2, 0) is 11.2 Å².